The van der Waals surface area contributed by atoms with Crippen molar-refractivity contribution in [1.29, 1.82) is 0 Å². The third kappa shape index (κ3) is 3.36. The van der Waals surface area contributed by atoms with Crippen LogP contribution < -0.4 is 19.5 Å². The second-order valence-corrected chi connectivity index (χ2v) is 6.64. The summed E-state index contributed by atoms with van der Waals surface area (Å²) >= 11 is 1.78. The van der Waals surface area contributed by atoms with Crippen LogP contribution in [0.3, 0.4) is 0 Å². The lowest BCUT2D eigenvalue weighted by molar-refractivity contribution is 0.200. The first-order valence-corrected chi connectivity index (χ1v) is 8.94. The Hall–Kier alpha value is -1.76. The first-order valence-electron chi connectivity index (χ1n) is 8.06. The van der Waals surface area contributed by atoms with E-state index in [0.29, 0.717) is 17.2 Å². The molecule has 1 unspecified atom stereocenters. The van der Waals surface area contributed by atoms with Gasteiger partial charge in [0.2, 0.25) is 5.75 Å². The average molecular weight is 348 g/mol. The first kappa shape index (κ1) is 17.1. The Labute approximate surface area is 147 Å². The molecule has 130 valence electrons. The molecule has 1 aromatic heterocycles. The van der Waals surface area contributed by atoms with Gasteiger partial charge < -0.3 is 19.5 Å². The van der Waals surface area contributed by atoms with Crippen LogP contribution in [0.5, 0.6) is 17.2 Å². The molecular formula is C18H24N2O3S. The number of nitrogens with one attached hydrogen (secondary N) is 1. The molecule has 1 N–H and O–H groups in total. The highest BCUT2D eigenvalue weighted by Gasteiger charge is 2.27. The SMILES string of the molecule is COc1cc(C(c2cccs2)N2CCNCC2)cc(OC)c1OC. The molecule has 1 aromatic carbocycles. The smallest absolute Gasteiger partial charge is 0.203 e. The predicted molar refractivity (Wildman–Crippen MR) is 96.7 cm³/mol. The van der Waals surface area contributed by atoms with Crippen LogP contribution in [0.4, 0.5) is 0 Å². The third-order valence-corrected chi connectivity index (χ3v) is 5.26. The zero-order valence-electron chi connectivity index (χ0n) is 14.4. The predicted octanol–water partition coefficient (Wildman–Crippen LogP) is 2.77. The minimum Gasteiger partial charge on any atom is -0.493 e. The van der Waals surface area contributed by atoms with Gasteiger partial charge >= 0.3 is 0 Å². The van der Waals surface area contributed by atoms with Gasteiger partial charge in [0.25, 0.3) is 0 Å². The molecule has 0 amide bonds. The lowest BCUT2D eigenvalue weighted by Crippen LogP contribution is -2.45. The first-order chi connectivity index (χ1) is 11.8. The molecule has 6 heteroatoms. The van der Waals surface area contributed by atoms with Crippen LogP contribution in [-0.2, 0) is 0 Å². The molecule has 0 spiro atoms. The molecule has 1 aliphatic heterocycles. The number of methoxy groups -OCH3 is 3. The second kappa shape index (κ2) is 7.88. The van der Waals surface area contributed by atoms with Crippen molar-refractivity contribution in [2.24, 2.45) is 0 Å². The summed E-state index contributed by atoms with van der Waals surface area (Å²) in [4.78, 5) is 3.83. The summed E-state index contributed by atoms with van der Waals surface area (Å²) in [6.07, 6.45) is 0. The maximum Gasteiger partial charge on any atom is 0.203 e. The van der Waals surface area contributed by atoms with Crippen molar-refractivity contribution in [1.82, 2.24) is 10.2 Å². The average Bonchev–Trinajstić information content (AvgIpc) is 3.16. The van der Waals surface area contributed by atoms with E-state index in [0.717, 1.165) is 31.7 Å². The monoisotopic (exact) mass is 348 g/mol. The fraction of sp³-hybridized carbons (Fsp3) is 0.444. The third-order valence-electron chi connectivity index (χ3n) is 4.33. The molecule has 1 atom stereocenters. The van der Waals surface area contributed by atoms with Crippen LogP contribution in [0.1, 0.15) is 16.5 Å². The van der Waals surface area contributed by atoms with E-state index in [1.165, 1.54) is 4.88 Å². The number of piperazine rings is 1. The molecule has 0 bridgehead atoms. The molecule has 0 saturated carbocycles. The van der Waals surface area contributed by atoms with Crippen LogP contribution in [0.2, 0.25) is 0 Å². The number of benzene rings is 1. The van der Waals surface area contributed by atoms with E-state index in [9.17, 15) is 0 Å². The van der Waals surface area contributed by atoms with Crippen LogP contribution in [0.15, 0.2) is 29.6 Å². The summed E-state index contributed by atoms with van der Waals surface area (Å²) in [5.41, 5.74) is 1.16. The van der Waals surface area contributed by atoms with E-state index >= 15 is 0 Å². The van der Waals surface area contributed by atoms with Gasteiger partial charge in [0.05, 0.1) is 27.4 Å². The summed E-state index contributed by atoms with van der Waals surface area (Å²) in [6.45, 7) is 4.04. The highest BCUT2D eigenvalue weighted by atomic mass is 32.1. The van der Waals surface area contributed by atoms with E-state index < -0.39 is 0 Å². The van der Waals surface area contributed by atoms with Gasteiger partial charge in [0.1, 0.15) is 0 Å². The molecule has 2 aromatic rings. The van der Waals surface area contributed by atoms with Crippen LogP contribution in [0, 0.1) is 0 Å². The minimum atomic E-state index is 0.195. The summed E-state index contributed by atoms with van der Waals surface area (Å²) in [7, 11) is 4.95. The van der Waals surface area contributed by atoms with Crippen LogP contribution in [0.25, 0.3) is 0 Å². The summed E-state index contributed by atoms with van der Waals surface area (Å²) in [6, 6.07) is 8.62. The zero-order chi connectivity index (χ0) is 16.9. The standard InChI is InChI=1S/C18H24N2O3S/c1-21-14-11-13(12-15(22-2)18(14)23-3)17(16-5-4-10-24-16)20-8-6-19-7-9-20/h4-5,10-12,17,19H,6-9H2,1-3H3. The Kier molecular flexibility index (Phi) is 5.60. The molecule has 1 fully saturated rings. The van der Waals surface area contributed by atoms with Crippen molar-refractivity contribution in [3.8, 4) is 17.2 Å². The van der Waals surface area contributed by atoms with Crippen molar-refractivity contribution in [3.05, 3.63) is 40.1 Å². The van der Waals surface area contributed by atoms with Crippen LogP contribution in [-0.4, -0.2) is 52.4 Å². The quantitative estimate of drug-likeness (QED) is 0.869. The number of thiophene rings is 1. The van der Waals surface area contributed by atoms with Gasteiger partial charge in [-0.1, -0.05) is 6.07 Å². The minimum absolute atomic E-state index is 0.195. The van der Waals surface area contributed by atoms with Crippen molar-refractivity contribution < 1.29 is 14.2 Å². The van der Waals surface area contributed by atoms with Crippen molar-refractivity contribution in [2.75, 3.05) is 47.5 Å². The Morgan fingerprint density at radius 3 is 2.21 bits per heavy atom. The zero-order valence-corrected chi connectivity index (χ0v) is 15.2. The summed E-state index contributed by atoms with van der Waals surface area (Å²) in [5, 5.41) is 5.55. The van der Waals surface area contributed by atoms with Crippen molar-refractivity contribution in [3.63, 3.8) is 0 Å². The normalized spacial score (nSPS) is 16.6. The number of hydrogen-bond donors (Lipinski definition) is 1. The van der Waals surface area contributed by atoms with Gasteiger partial charge in [-0.2, -0.15) is 0 Å². The number of rotatable bonds is 6. The maximum absolute atomic E-state index is 5.54. The molecular weight excluding hydrogens is 324 g/mol. The number of nitrogens with zero attached hydrogens (tertiary/aromatic N) is 1. The lowest BCUT2D eigenvalue weighted by Gasteiger charge is -2.35. The molecule has 5 nitrogen and oxygen atoms in total. The molecule has 0 radical (unpaired) electrons. The van der Waals surface area contributed by atoms with Crippen molar-refractivity contribution >= 4 is 11.3 Å². The van der Waals surface area contributed by atoms with E-state index in [4.69, 9.17) is 14.2 Å². The Morgan fingerprint density at radius 2 is 1.71 bits per heavy atom. The molecule has 1 aliphatic rings. The molecule has 3 rings (SSSR count). The second-order valence-electron chi connectivity index (χ2n) is 5.66. The summed E-state index contributed by atoms with van der Waals surface area (Å²) in [5.74, 6) is 2.03. The fourth-order valence-electron chi connectivity index (χ4n) is 3.20. The highest BCUT2D eigenvalue weighted by molar-refractivity contribution is 7.10. The van der Waals surface area contributed by atoms with Gasteiger partial charge in [-0.05, 0) is 29.1 Å². The molecule has 2 heterocycles. The fourth-order valence-corrected chi connectivity index (χ4v) is 4.09. The van der Waals surface area contributed by atoms with Crippen molar-refractivity contribution in [2.45, 2.75) is 6.04 Å². The lowest BCUT2D eigenvalue weighted by atomic mass is 10.0. The van der Waals surface area contributed by atoms with E-state index in [1.54, 1.807) is 32.7 Å². The van der Waals surface area contributed by atoms with Gasteiger partial charge in [-0.15, -0.1) is 11.3 Å². The largest absolute Gasteiger partial charge is 0.493 e. The Morgan fingerprint density at radius 1 is 1.04 bits per heavy atom. The van der Waals surface area contributed by atoms with E-state index in [1.807, 2.05) is 0 Å². The molecule has 0 aliphatic carbocycles. The van der Waals surface area contributed by atoms with E-state index in [-0.39, 0.29) is 6.04 Å². The van der Waals surface area contributed by atoms with Gasteiger partial charge in [-0.25, -0.2) is 0 Å². The van der Waals surface area contributed by atoms with Gasteiger partial charge in [0, 0.05) is 31.1 Å². The van der Waals surface area contributed by atoms with Crippen LogP contribution >= 0.6 is 11.3 Å². The number of ether oxygens (including phenoxy) is 3. The van der Waals surface area contributed by atoms with Gasteiger partial charge in [-0.3, -0.25) is 4.90 Å². The summed E-state index contributed by atoms with van der Waals surface area (Å²) < 4.78 is 16.5. The highest BCUT2D eigenvalue weighted by Crippen LogP contribution is 2.42. The Bertz CT molecular complexity index is 629. The molecule has 24 heavy (non-hydrogen) atoms. The van der Waals surface area contributed by atoms with Gasteiger partial charge in [0.15, 0.2) is 11.5 Å². The Balaban J connectivity index is 2.07. The number of hydrogen-bond acceptors (Lipinski definition) is 6. The maximum atomic E-state index is 5.54. The van der Waals surface area contributed by atoms with E-state index in [2.05, 4.69) is 39.9 Å². The molecule has 1 saturated heterocycles. The topological polar surface area (TPSA) is 43.0 Å².